The molecular weight excluding hydrogens is 376 g/mol. The first-order valence-corrected chi connectivity index (χ1v) is 9.69. The Morgan fingerprint density at radius 3 is 2.55 bits per heavy atom. The highest BCUT2D eigenvalue weighted by molar-refractivity contribution is 5.96. The van der Waals surface area contributed by atoms with Crippen molar-refractivity contribution in [2.24, 2.45) is 11.8 Å². The van der Waals surface area contributed by atoms with Crippen molar-refractivity contribution >= 4 is 11.9 Å². The second-order valence-electron chi connectivity index (χ2n) is 7.23. The molecule has 1 aliphatic rings. The van der Waals surface area contributed by atoms with Crippen LogP contribution in [0.2, 0.25) is 0 Å². The molecule has 0 unspecified atom stereocenters. The number of hydrogen-bond donors (Lipinski definition) is 0. The lowest BCUT2D eigenvalue weighted by Crippen LogP contribution is -2.32. The van der Waals surface area contributed by atoms with Gasteiger partial charge in [0.05, 0.1) is 38.1 Å². The minimum atomic E-state index is -0.523. The Kier molecular flexibility index (Phi) is 6.51. The first kappa shape index (κ1) is 20.8. The van der Waals surface area contributed by atoms with E-state index in [0.29, 0.717) is 29.4 Å². The van der Waals surface area contributed by atoms with Crippen molar-refractivity contribution in [2.45, 2.75) is 39.5 Å². The van der Waals surface area contributed by atoms with Gasteiger partial charge >= 0.3 is 11.9 Å². The molecule has 3 rings (SSSR count). The number of ether oxygens (including phenoxy) is 3. The maximum Gasteiger partial charge on any atom is 0.343 e. The Balaban J connectivity index is 1.75. The van der Waals surface area contributed by atoms with E-state index in [-0.39, 0.29) is 29.1 Å². The lowest BCUT2D eigenvalue weighted by molar-refractivity contribution is -0.149. The maximum absolute atomic E-state index is 12.0. The molecule has 2 aromatic heterocycles. The quantitative estimate of drug-likeness (QED) is 0.677. The smallest absolute Gasteiger partial charge is 0.343 e. The minimum absolute atomic E-state index is 0.123. The first-order valence-electron chi connectivity index (χ1n) is 9.69. The van der Waals surface area contributed by atoms with Crippen molar-refractivity contribution in [2.75, 3.05) is 20.8 Å². The number of nitrogens with zero attached hydrogens (tertiary/aromatic N) is 2. The maximum atomic E-state index is 12.0. The molecule has 8 heteroatoms. The number of esters is 2. The van der Waals surface area contributed by atoms with Gasteiger partial charge in [0.25, 0.3) is 0 Å². The predicted molar refractivity (Wildman–Crippen MR) is 104 cm³/mol. The van der Waals surface area contributed by atoms with Gasteiger partial charge < -0.3 is 18.7 Å². The number of carbonyl (C=O) groups excluding carboxylic acids is 2. The van der Waals surface area contributed by atoms with Crippen LogP contribution in [-0.2, 0) is 14.3 Å². The largest absolute Gasteiger partial charge is 0.491 e. The van der Waals surface area contributed by atoms with E-state index in [1.807, 2.05) is 6.92 Å². The van der Waals surface area contributed by atoms with Gasteiger partial charge in [0.15, 0.2) is 5.76 Å². The Morgan fingerprint density at radius 1 is 1.10 bits per heavy atom. The van der Waals surface area contributed by atoms with E-state index in [2.05, 4.69) is 10.1 Å². The molecule has 1 saturated carbocycles. The van der Waals surface area contributed by atoms with Gasteiger partial charge in [-0.2, -0.15) is 0 Å². The standard InChI is InChI=1S/C21H26N2O6/c1-12-17(28-11-14-7-5-6-8-15(14)20(24)26-3)10-9-16(22-12)19-18(21(25)27-4)13(2)23-29-19/h9-10,14-15H,5-8,11H2,1-4H3/t14-,15+/m1/s1. The Hall–Kier alpha value is -2.90. The van der Waals surface area contributed by atoms with Gasteiger partial charge in [-0.3, -0.25) is 4.79 Å². The Labute approximate surface area is 169 Å². The van der Waals surface area contributed by atoms with E-state index >= 15 is 0 Å². The minimum Gasteiger partial charge on any atom is -0.491 e. The van der Waals surface area contributed by atoms with Crippen LogP contribution in [0.5, 0.6) is 5.75 Å². The molecule has 0 radical (unpaired) electrons. The number of aromatic nitrogens is 2. The highest BCUT2D eigenvalue weighted by Crippen LogP contribution is 2.33. The lowest BCUT2D eigenvalue weighted by Gasteiger charge is -2.29. The molecule has 2 aromatic rings. The molecule has 2 atom stereocenters. The second-order valence-corrected chi connectivity index (χ2v) is 7.23. The molecule has 1 aliphatic carbocycles. The highest BCUT2D eigenvalue weighted by Gasteiger charge is 2.32. The van der Waals surface area contributed by atoms with Crippen molar-refractivity contribution in [3.8, 4) is 17.2 Å². The number of carbonyl (C=O) groups is 2. The SMILES string of the molecule is COC(=O)c1c(C)noc1-c1ccc(OC[C@H]2CCCC[C@@H]2C(=O)OC)c(C)n1. The van der Waals surface area contributed by atoms with Gasteiger partial charge in [0, 0.05) is 5.92 Å². The van der Waals surface area contributed by atoms with E-state index < -0.39 is 5.97 Å². The van der Waals surface area contributed by atoms with Gasteiger partial charge in [-0.1, -0.05) is 18.0 Å². The van der Waals surface area contributed by atoms with Crippen LogP contribution in [0.4, 0.5) is 0 Å². The van der Waals surface area contributed by atoms with Crippen molar-refractivity contribution in [1.29, 1.82) is 0 Å². The molecule has 0 saturated heterocycles. The Morgan fingerprint density at radius 2 is 1.86 bits per heavy atom. The van der Waals surface area contributed by atoms with Crippen molar-refractivity contribution in [1.82, 2.24) is 10.1 Å². The molecule has 29 heavy (non-hydrogen) atoms. The molecule has 2 heterocycles. The number of rotatable bonds is 6. The third kappa shape index (κ3) is 4.41. The summed E-state index contributed by atoms with van der Waals surface area (Å²) in [7, 11) is 2.73. The monoisotopic (exact) mass is 402 g/mol. The molecule has 0 N–H and O–H groups in total. The number of hydrogen-bond acceptors (Lipinski definition) is 8. The summed E-state index contributed by atoms with van der Waals surface area (Å²) in [6, 6.07) is 3.50. The molecule has 0 amide bonds. The van der Waals surface area contributed by atoms with Crippen LogP contribution in [0.3, 0.4) is 0 Å². The number of pyridine rings is 1. The zero-order valence-electron chi connectivity index (χ0n) is 17.2. The summed E-state index contributed by atoms with van der Waals surface area (Å²) in [5, 5.41) is 3.85. The van der Waals surface area contributed by atoms with Crippen molar-refractivity contribution in [3.05, 3.63) is 29.1 Å². The van der Waals surface area contributed by atoms with Gasteiger partial charge in [-0.05, 0) is 38.8 Å². The summed E-state index contributed by atoms with van der Waals surface area (Å²) >= 11 is 0. The first-order chi connectivity index (χ1) is 14.0. The summed E-state index contributed by atoms with van der Waals surface area (Å²) in [4.78, 5) is 28.6. The van der Waals surface area contributed by atoms with Crippen molar-refractivity contribution < 1.29 is 28.3 Å². The van der Waals surface area contributed by atoms with Crippen LogP contribution >= 0.6 is 0 Å². The molecule has 0 aliphatic heterocycles. The van der Waals surface area contributed by atoms with Gasteiger partial charge in [0.1, 0.15) is 17.0 Å². The van der Waals surface area contributed by atoms with Crippen LogP contribution in [0.1, 0.15) is 47.4 Å². The predicted octanol–water partition coefficient (Wildman–Crippen LogP) is 3.50. The Bertz CT molecular complexity index is 891. The lowest BCUT2D eigenvalue weighted by atomic mass is 9.80. The van der Waals surface area contributed by atoms with E-state index in [4.69, 9.17) is 18.7 Å². The van der Waals surface area contributed by atoms with E-state index in [0.717, 1.165) is 25.7 Å². The van der Waals surface area contributed by atoms with Crippen LogP contribution in [0.15, 0.2) is 16.7 Å². The zero-order valence-corrected chi connectivity index (χ0v) is 17.2. The topological polar surface area (TPSA) is 101 Å². The highest BCUT2D eigenvalue weighted by atomic mass is 16.5. The molecular formula is C21H26N2O6. The fourth-order valence-electron chi connectivity index (χ4n) is 3.78. The summed E-state index contributed by atoms with van der Waals surface area (Å²) in [6.45, 7) is 3.92. The molecule has 1 fully saturated rings. The molecule has 0 spiro atoms. The van der Waals surface area contributed by atoms with Gasteiger partial charge in [0.2, 0.25) is 0 Å². The summed E-state index contributed by atoms with van der Waals surface area (Å²) < 4.78 is 21.0. The van der Waals surface area contributed by atoms with Gasteiger partial charge in [-0.25, -0.2) is 9.78 Å². The molecule has 156 valence electrons. The van der Waals surface area contributed by atoms with Crippen LogP contribution in [0.25, 0.3) is 11.5 Å². The third-order valence-corrected chi connectivity index (χ3v) is 5.39. The van der Waals surface area contributed by atoms with E-state index in [9.17, 15) is 9.59 Å². The van der Waals surface area contributed by atoms with Crippen molar-refractivity contribution in [3.63, 3.8) is 0 Å². The molecule has 8 nitrogen and oxygen atoms in total. The van der Waals surface area contributed by atoms with E-state index in [1.165, 1.54) is 14.2 Å². The summed E-state index contributed by atoms with van der Waals surface area (Å²) in [5.41, 5.74) is 1.83. The average Bonchev–Trinajstić information content (AvgIpc) is 3.13. The van der Waals surface area contributed by atoms with Crippen LogP contribution in [-0.4, -0.2) is 42.9 Å². The van der Waals surface area contributed by atoms with E-state index in [1.54, 1.807) is 19.1 Å². The number of aryl methyl sites for hydroxylation is 2. The second kappa shape index (κ2) is 9.07. The third-order valence-electron chi connectivity index (χ3n) is 5.39. The fourth-order valence-corrected chi connectivity index (χ4v) is 3.78. The average molecular weight is 402 g/mol. The number of methoxy groups -OCH3 is 2. The van der Waals surface area contributed by atoms with Crippen LogP contribution < -0.4 is 4.74 Å². The van der Waals surface area contributed by atoms with Crippen LogP contribution in [0, 0.1) is 25.7 Å². The fraction of sp³-hybridized carbons (Fsp3) is 0.524. The molecule has 0 bridgehead atoms. The zero-order chi connectivity index (χ0) is 21.0. The van der Waals surface area contributed by atoms with Gasteiger partial charge in [-0.15, -0.1) is 0 Å². The summed E-state index contributed by atoms with van der Waals surface area (Å²) in [6.07, 6.45) is 3.88. The normalized spacial score (nSPS) is 18.9. The molecule has 0 aromatic carbocycles. The summed E-state index contributed by atoms with van der Waals surface area (Å²) in [5.74, 6) is 0.198.